The molecule has 6 nitrogen and oxygen atoms in total. The number of rotatable bonds is 9. The topological polar surface area (TPSA) is 90.8 Å². The third-order valence-electron chi connectivity index (χ3n) is 10.1. The van der Waals surface area contributed by atoms with Gasteiger partial charge < -0.3 is 20.2 Å². The van der Waals surface area contributed by atoms with Gasteiger partial charge in [0.2, 0.25) is 0 Å². The number of hydrazine groups is 1. The van der Waals surface area contributed by atoms with Crippen molar-refractivity contribution in [2.24, 2.45) is 58.4 Å². The van der Waals surface area contributed by atoms with Gasteiger partial charge in [0, 0.05) is 31.1 Å². The van der Waals surface area contributed by atoms with Crippen molar-refractivity contribution in [3.8, 4) is 0 Å². The Labute approximate surface area is 222 Å². The molecule has 4 N–H and O–H groups in total. The molecule has 37 heavy (non-hydrogen) atoms. The molecule has 0 bridgehead atoms. The normalized spacial score (nSPS) is 38.5. The molecule has 0 aromatic heterocycles. The Hall–Kier alpha value is -1.25. The Kier molecular flexibility index (Phi) is 10.4. The number of hydrogen-bond donors (Lipinski definition) is 2. The average molecular weight is 528 g/mol. The van der Waals surface area contributed by atoms with Gasteiger partial charge in [-0.15, -0.1) is 0 Å². The molecule has 8 heteroatoms. The van der Waals surface area contributed by atoms with Crippen LogP contribution in [0.4, 0.5) is 8.78 Å². The first-order valence-electron chi connectivity index (χ1n) is 14.5. The Balaban J connectivity index is 0.00000186. The molecule has 4 aliphatic carbocycles. The molecular formula is C29H51F2N3O3. The van der Waals surface area contributed by atoms with E-state index in [9.17, 15) is 4.79 Å². The summed E-state index contributed by atoms with van der Waals surface area (Å²) in [4.78, 5) is 13.3. The van der Waals surface area contributed by atoms with Crippen LogP contribution in [0.2, 0.25) is 0 Å². The van der Waals surface area contributed by atoms with Gasteiger partial charge >= 0.3 is 0 Å². The van der Waals surface area contributed by atoms with Crippen molar-refractivity contribution in [3.63, 3.8) is 0 Å². The van der Waals surface area contributed by atoms with Crippen molar-refractivity contribution in [1.29, 1.82) is 0 Å². The van der Waals surface area contributed by atoms with Crippen LogP contribution in [-0.4, -0.2) is 50.2 Å². The second-order valence-corrected chi connectivity index (χ2v) is 12.1. The van der Waals surface area contributed by atoms with Gasteiger partial charge in [-0.2, -0.15) is 0 Å². The van der Waals surface area contributed by atoms with Gasteiger partial charge in [-0.3, -0.25) is 4.79 Å². The lowest BCUT2D eigenvalue weighted by atomic mass is 9.48. The van der Waals surface area contributed by atoms with Gasteiger partial charge in [-0.25, -0.2) is 14.6 Å². The Morgan fingerprint density at radius 3 is 2.46 bits per heavy atom. The van der Waals surface area contributed by atoms with Crippen molar-refractivity contribution in [2.75, 3.05) is 33.5 Å². The van der Waals surface area contributed by atoms with Crippen LogP contribution in [0.1, 0.15) is 79.1 Å². The first-order chi connectivity index (χ1) is 17.6. The fraction of sp³-hybridized carbons (Fsp3) is 0.897. The molecular weight excluding hydrogens is 476 g/mol. The highest BCUT2D eigenvalue weighted by molar-refractivity contribution is 5.84. The maximum Gasteiger partial charge on any atom is 0.254 e. The number of nitrogens with two attached hydrogens (primary N) is 2. The van der Waals surface area contributed by atoms with Gasteiger partial charge in [0.25, 0.3) is 5.92 Å². The van der Waals surface area contributed by atoms with E-state index in [1.54, 1.807) is 14.0 Å². The van der Waals surface area contributed by atoms with E-state index in [4.69, 9.17) is 21.1 Å². The van der Waals surface area contributed by atoms with Crippen LogP contribution in [0.15, 0.2) is 11.9 Å². The number of alkyl halides is 2. The maximum atomic E-state index is 16.1. The molecule has 0 aromatic carbocycles. The molecule has 0 spiro atoms. The highest BCUT2D eigenvalue weighted by Crippen LogP contribution is 2.69. The summed E-state index contributed by atoms with van der Waals surface area (Å²) in [5.41, 5.74) is 5.02. The monoisotopic (exact) mass is 527 g/mol. The summed E-state index contributed by atoms with van der Waals surface area (Å²) in [6.45, 7) is 8.90. The first kappa shape index (κ1) is 30.3. The fourth-order valence-corrected chi connectivity index (χ4v) is 8.48. The Morgan fingerprint density at radius 1 is 1.05 bits per heavy atom. The summed E-state index contributed by atoms with van der Waals surface area (Å²) < 4.78 is 42.4. The van der Waals surface area contributed by atoms with Crippen molar-refractivity contribution in [2.45, 2.75) is 85.0 Å². The number of Topliss-reactive ketones (excluding diaryl/α,β-unsaturated/α-hetero) is 1. The van der Waals surface area contributed by atoms with Gasteiger partial charge in [0.05, 0.1) is 32.1 Å². The van der Waals surface area contributed by atoms with Crippen LogP contribution in [0.25, 0.3) is 0 Å². The largest absolute Gasteiger partial charge is 0.399 e. The van der Waals surface area contributed by atoms with Crippen LogP contribution in [0, 0.1) is 46.8 Å². The molecule has 0 aliphatic heterocycles. The van der Waals surface area contributed by atoms with Gasteiger partial charge in [0.15, 0.2) is 5.78 Å². The summed E-state index contributed by atoms with van der Waals surface area (Å²) >= 11 is 0. The summed E-state index contributed by atoms with van der Waals surface area (Å²) in [5, 5.41) is 1.21. The molecule has 0 amide bonds. The lowest BCUT2D eigenvalue weighted by Gasteiger charge is -2.58. The van der Waals surface area contributed by atoms with E-state index in [2.05, 4.69) is 6.92 Å². The predicted molar refractivity (Wildman–Crippen MR) is 142 cm³/mol. The quantitative estimate of drug-likeness (QED) is 0.238. The van der Waals surface area contributed by atoms with E-state index < -0.39 is 17.3 Å². The number of carbonyl (C=O) groups is 1. The highest BCUT2D eigenvalue weighted by atomic mass is 19.3. The second kappa shape index (κ2) is 12.7. The maximum absolute atomic E-state index is 16.1. The molecule has 4 fully saturated rings. The average Bonchev–Trinajstić information content (AvgIpc) is 3.22. The number of halogens is 2. The minimum atomic E-state index is -2.84. The highest BCUT2D eigenvalue weighted by Gasteiger charge is 2.69. The van der Waals surface area contributed by atoms with Crippen molar-refractivity contribution < 1.29 is 23.0 Å². The molecule has 0 saturated heterocycles. The van der Waals surface area contributed by atoms with E-state index in [0.717, 1.165) is 18.8 Å². The van der Waals surface area contributed by atoms with Gasteiger partial charge in [-0.05, 0) is 74.0 Å². The molecule has 0 aromatic rings. The number of nitrogens with zero attached hydrogens (tertiary/aromatic N) is 1. The summed E-state index contributed by atoms with van der Waals surface area (Å²) in [7, 11) is 1.58. The van der Waals surface area contributed by atoms with E-state index >= 15 is 8.78 Å². The number of methoxy groups -OCH3 is 1. The van der Waals surface area contributed by atoms with E-state index in [-0.39, 0.29) is 37.2 Å². The molecule has 8 unspecified atom stereocenters. The van der Waals surface area contributed by atoms with Crippen LogP contribution in [-0.2, 0) is 14.3 Å². The molecule has 4 rings (SSSR count). The Morgan fingerprint density at radius 2 is 1.76 bits per heavy atom. The van der Waals surface area contributed by atoms with Crippen LogP contribution in [0.3, 0.4) is 0 Å². The Bertz CT molecular complexity index is 794. The van der Waals surface area contributed by atoms with E-state index in [1.165, 1.54) is 30.5 Å². The number of carbonyl (C=O) groups excluding carboxylic acids is 1. The smallest absolute Gasteiger partial charge is 0.254 e. The standard InChI is InChI=1S/C27H45F2N3O3.C2H6/c1-17-4-6-20-18(12-17)5-7-21-22(20)13-27(28,29)26(2)23(21)8-9-24(26)25(33)15-32(31)14-19(30)16-35-11-10-34-3;1-2/h14,17-18,20-24H,4-13,15-16,30-31H2,1-3H3;1-2H3/b19-14-;. The SMILES string of the molecule is CC.COCCOC/C(N)=C/N(N)CC(=O)C1CCC2C3CCC4CC(C)CCC4C3CC(F)(F)C12C. The van der Waals surface area contributed by atoms with Gasteiger partial charge in [-0.1, -0.05) is 34.1 Å². The van der Waals surface area contributed by atoms with Gasteiger partial charge in [0.1, 0.15) is 0 Å². The number of ether oxygens (including phenoxy) is 2. The zero-order chi connectivity index (χ0) is 27.4. The lowest BCUT2D eigenvalue weighted by molar-refractivity contribution is -0.226. The third-order valence-corrected chi connectivity index (χ3v) is 10.1. The van der Waals surface area contributed by atoms with E-state index in [0.29, 0.717) is 49.5 Å². The summed E-state index contributed by atoms with van der Waals surface area (Å²) in [6, 6.07) is 0. The molecule has 214 valence electrons. The van der Waals surface area contributed by atoms with Crippen LogP contribution in [0.5, 0.6) is 0 Å². The summed E-state index contributed by atoms with van der Waals surface area (Å²) in [6.07, 6.45) is 8.32. The number of fused-ring (bicyclic) bond motifs is 5. The lowest BCUT2D eigenvalue weighted by Crippen LogP contribution is -2.59. The fourth-order valence-electron chi connectivity index (χ4n) is 8.48. The number of hydrogen-bond acceptors (Lipinski definition) is 6. The summed E-state index contributed by atoms with van der Waals surface area (Å²) in [5.74, 6) is 4.41. The van der Waals surface area contributed by atoms with E-state index in [1.807, 2.05) is 13.8 Å². The molecule has 0 radical (unpaired) electrons. The minimum Gasteiger partial charge on any atom is -0.399 e. The second-order valence-electron chi connectivity index (χ2n) is 12.1. The zero-order valence-electron chi connectivity index (χ0n) is 23.7. The molecule has 0 heterocycles. The first-order valence-corrected chi connectivity index (χ1v) is 14.5. The predicted octanol–water partition coefficient (Wildman–Crippen LogP) is 5.37. The zero-order valence-corrected chi connectivity index (χ0v) is 23.7. The molecule has 4 aliphatic rings. The molecule has 4 saturated carbocycles. The molecule has 8 atom stereocenters. The van der Waals surface area contributed by atoms with Crippen LogP contribution < -0.4 is 11.6 Å². The number of ketones is 1. The third kappa shape index (κ3) is 6.17. The van der Waals surface area contributed by atoms with Crippen molar-refractivity contribution >= 4 is 5.78 Å². The van der Waals surface area contributed by atoms with Crippen molar-refractivity contribution in [3.05, 3.63) is 11.9 Å². The minimum absolute atomic E-state index is 0.0536. The van der Waals surface area contributed by atoms with Crippen LogP contribution >= 0.6 is 0 Å². The van der Waals surface area contributed by atoms with Crippen molar-refractivity contribution in [1.82, 2.24) is 5.01 Å².